The van der Waals surface area contributed by atoms with Crippen molar-refractivity contribution in [1.29, 1.82) is 0 Å². The van der Waals surface area contributed by atoms with E-state index < -0.39 is 17.8 Å². The molecule has 0 spiro atoms. The maximum absolute atomic E-state index is 12.1. The highest BCUT2D eigenvalue weighted by Gasteiger charge is 2.31. The molecule has 3 rings (SSSR count). The van der Waals surface area contributed by atoms with Crippen LogP contribution in [0.5, 0.6) is 11.5 Å². The van der Waals surface area contributed by atoms with Gasteiger partial charge in [-0.2, -0.15) is 13.2 Å². The van der Waals surface area contributed by atoms with Gasteiger partial charge in [0.15, 0.2) is 11.5 Å². The predicted molar refractivity (Wildman–Crippen MR) is 112 cm³/mol. The molecule has 2 heterocycles. The first-order valence-corrected chi connectivity index (χ1v) is 9.54. The highest BCUT2D eigenvalue weighted by atomic mass is 19.4. The number of nitrogens with one attached hydrogen (secondary N) is 1. The maximum Gasteiger partial charge on any atom is 0.433 e. The number of methoxy groups -OCH3 is 2. The van der Waals surface area contributed by atoms with Gasteiger partial charge in [-0.3, -0.25) is 9.78 Å². The highest BCUT2D eigenvalue weighted by Crippen LogP contribution is 2.40. The summed E-state index contributed by atoms with van der Waals surface area (Å²) in [5.74, 6) is 1.10. The maximum atomic E-state index is 12.1. The van der Waals surface area contributed by atoms with Crippen molar-refractivity contribution in [2.45, 2.75) is 33.0 Å². The molecule has 2 aromatic rings. The van der Waals surface area contributed by atoms with Gasteiger partial charge in [0.2, 0.25) is 5.91 Å². The quantitative estimate of drug-likeness (QED) is 0.715. The zero-order valence-corrected chi connectivity index (χ0v) is 17.9. The third-order valence-corrected chi connectivity index (χ3v) is 4.94. The number of nitrogens with zero attached hydrogens (tertiary/aromatic N) is 1. The number of fused-ring (bicyclic) bond motifs is 1. The molecule has 0 radical (unpaired) electrons. The van der Waals surface area contributed by atoms with E-state index in [-0.39, 0.29) is 0 Å². The van der Waals surface area contributed by atoms with Gasteiger partial charge in [0.05, 0.1) is 14.2 Å². The Balaban J connectivity index is 0.000000221. The SMILES string of the molecule is COc1c(C)c2c(c(C)c1OC)CNCC2.NC(=O)C=Cc1ccc(C(F)(F)F)nc1. The van der Waals surface area contributed by atoms with Gasteiger partial charge in [-0.25, -0.2) is 0 Å². The van der Waals surface area contributed by atoms with Crippen LogP contribution in [0.15, 0.2) is 24.4 Å². The second-order valence-electron chi connectivity index (χ2n) is 6.91. The van der Waals surface area contributed by atoms with Crippen LogP contribution in [0.25, 0.3) is 6.08 Å². The van der Waals surface area contributed by atoms with Crippen molar-refractivity contribution in [2.24, 2.45) is 5.73 Å². The number of pyridine rings is 1. The Kier molecular flexibility index (Phi) is 8.04. The van der Waals surface area contributed by atoms with Crippen molar-refractivity contribution >= 4 is 12.0 Å². The molecule has 0 saturated carbocycles. The molecule has 0 fully saturated rings. The summed E-state index contributed by atoms with van der Waals surface area (Å²) in [6, 6.07) is 2.04. The molecule has 1 aliphatic heterocycles. The smallest absolute Gasteiger partial charge is 0.433 e. The van der Waals surface area contributed by atoms with E-state index >= 15 is 0 Å². The Morgan fingerprint density at radius 1 is 1.13 bits per heavy atom. The number of primary amides is 1. The van der Waals surface area contributed by atoms with E-state index in [1.807, 2.05) is 0 Å². The molecule has 1 aromatic heterocycles. The number of alkyl halides is 3. The summed E-state index contributed by atoms with van der Waals surface area (Å²) in [7, 11) is 3.41. The Labute approximate surface area is 179 Å². The lowest BCUT2D eigenvalue weighted by atomic mass is 9.91. The van der Waals surface area contributed by atoms with E-state index in [2.05, 4.69) is 24.1 Å². The Morgan fingerprint density at radius 2 is 1.74 bits per heavy atom. The first-order valence-electron chi connectivity index (χ1n) is 9.54. The normalized spacial score (nSPS) is 13.3. The number of nitrogens with two attached hydrogens (primary N) is 1. The molecule has 0 saturated heterocycles. The fourth-order valence-electron chi connectivity index (χ4n) is 3.41. The summed E-state index contributed by atoms with van der Waals surface area (Å²) in [6.45, 7) is 6.20. The minimum atomic E-state index is -4.45. The number of hydrogen-bond acceptors (Lipinski definition) is 5. The molecule has 1 aromatic carbocycles. The number of halogens is 3. The molecule has 6 nitrogen and oxygen atoms in total. The third-order valence-electron chi connectivity index (χ3n) is 4.94. The molecule has 9 heteroatoms. The van der Waals surface area contributed by atoms with Crippen LogP contribution in [0.4, 0.5) is 13.2 Å². The molecule has 0 bridgehead atoms. The van der Waals surface area contributed by atoms with Crippen molar-refractivity contribution < 1.29 is 27.4 Å². The average molecular weight is 437 g/mol. The largest absolute Gasteiger partial charge is 0.493 e. The van der Waals surface area contributed by atoms with Gasteiger partial charge in [-0.05, 0) is 66.8 Å². The standard InChI is InChI=1S/C13H19NO2.C9H7F3N2O/c1-8-10-5-6-14-7-11(10)9(2)13(16-4)12(8)15-3;10-9(11,12)7-3-1-6(5-14-7)2-4-8(13)15/h14H,5-7H2,1-4H3;1-5H,(H2,13,15). The zero-order valence-electron chi connectivity index (χ0n) is 17.9. The van der Waals surface area contributed by atoms with Crippen LogP contribution in [-0.2, 0) is 23.9 Å². The molecular formula is C22H26F3N3O3. The summed E-state index contributed by atoms with van der Waals surface area (Å²) < 4.78 is 47.2. The Morgan fingerprint density at radius 3 is 2.23 bits per heavy atom. The van der Waals surface area contributed by atoms with Crippen LogP contribution in [0.1, 0.15) is 33.5 Å². The third kappa shape index (κ3) is 5.97. The summed E-state index contributed by atoms with van der Waals surface area (Å²) in [4.78, 5) is 13.5. The van der Waals surface area contributed by atoms with Crippen LogP contribution in [-0.4, -0.2) is 31.7 Å². The Bertz CT molecular complexity index is 899. The van der Waals surface area contributed by atoms with Crippen LogP contribution in [0.2, 0.25) is 0 Å². The van der Waals surface area contributed by atoms with E-state index in [1.165, 1.54) is 34.4 Å². The van der Waals surface area contributed by atoms with Crippen LogP contribution >= 0.6 is 0 Å². The number of carbonyl (C=O) groups excluding carboxylic acids is 1. The van der Waals surface area contributed by atoms with Crippen molar-refractivity contribution in [1.82, 2.24) is 10.3 Å². The van der Waals surface area contributed by atoms with Gasteiger partial charge >= 0.3 is 6.18 Å². The molecule has 168 valence electrons. The minimum Gasteiger partial charge on any atom is -0.493 e. The van der Waals surface area contributed by atoms with Gasteiger partial charge in [0, 0.05) is 18.8 Å². The van der Waals surface area contributed by atoms with E-state index in [1.54, 1.807) is 14.2 Å². The summed E-state index contributed by atoms with van der Waals surface area (Å²) in [5, 5.41) is 3.40. The lowest BCUT2D eigenvalue weighted by molar-refractivity contribution is -0.141. The number of hydrogen-bond donors (Lipinski definition) is 2. The van der Waals surface area contributed by atoms with Crippen molar-refractivity contribution in [3.63, 3.8) is 0 Å². The van der Waals surface area contributed by atoms with Crippen LogP contribution in [0.3, 0.4) is 0 Å². The lowest BCUT2D eigenvalue weighted by Crippen LogP contribution is -2.25. The number of amides is 1. The number of aromatic nitrogens is 1. The Hall–Kier alpha value is -3.07. The van der Waals surface area contributed by atoms with Crippen molar-refractivity contribution in [2.75, 3.05) is 20.8 Å². The summed E-state index contributed by atoms with van der Waals surface area (Å²) in [5.41, 5.74) is 9.44. The average Bonchev–Trinajstić information content (AvgIpc) is 2.74. The van der Waals surface area contributed by atoms with Gasteiger partial charge < -0.3 is 20.5 Å². The van der Waals surface area contributed by atoms with Crippen molar-refractivity contribution in [3.05, 3.63) is 57.9 Å². The first-order chi connectivity index (χ1) is 14.6. The number of benzene rings is 1. The predicted octanol–water partition coefficient (Wildman–Crippen LogP) is 3.57. The highest BCUT2D eigenvalue weighted by molar-refractivity contribution is 5.90. The lowest BCUT2D eigenvalue weighted by Gasteiger charge is -2.25. The molecular weight excluding hydrogens is 411 g/mol. The summed E-state index contributed by atoms with van der Waals surface area (Å²) >= 11 is 0. The minimum absolute atomic E-state index is 0.377. The fourth-order valence-corrected chi connectivity index (χ4v) is 3.41. The number of rotatable bonds is 4. The van der Waals surface area contributed by atoms with E-state index in [4.69, 9.17) is 15.2 Å². The number of ether oxygens (including phenoxy) is 2. The molecule has 0 aliphatic carbocycles. The van der Waals surface area contributed by atoms with Gasteiger partial charge in [-0.15, -0.1) is 0 Å². The van der Waals surface area contributed by atoms with E-state index in [0.29, 0.717) is 5.56 Å². The van der Waals surface area contributed by atoms with Gasteiger partial charge in [0.25, 0.3) is 0 Å². The number of carbonyl (C=O) groups is 1. The van der Waals surface area contributed by atoms with Gasteiger partial charge in [-0.1, -0.05) is 6.07 Å². The second kappa shape index (κ2) is 10.3. The summed E-state index contributed by atoms with van der Waals surface area (Å²) in [6.07, 6.45) is -0.0314. The molecule has 0 unspecified atom stereocenters. The van der Waals surface area contributed by atoms with E-state index in [9.17, 15) is 18.0 Å². The molecule has 1 amide bonds. The van der Waals surface area contributed by atoms with Gasteiger partial charge in [0.1, 0.15) is 5.69 Å². The molecule has 3 N–H and O–H groups in total. The molecule has 0 atom stereocenters. The van der Waals surface area contributed by atoms with Crippen molar-refractivity contribution in [3.8, 4) is 11.5 Å². The first kappa shape index (κ1) is 24.2. The monoisotopic (exact) mass is 437 g/mol. The second-order valence-corrected chi connectivity index (χ2v) is 6.91. The molecule has 31 heavy (non-hydrogen) atoms. The van der Waals surface area contributed by atoms with Crippen LogP contribution in [0, 0.1) is 13.8 Å². The van der Waals surface area contributed by atoms with Crippen LogP contribution < -0.4 is 20.5 Å². The topological polar surface area (TPSA) is 86.5 Å². The van der Waals surface area contributed by atoms with E-state index in [0.717, 1.165) is 49.3 Å². The zero-order chi connectivity index (χ0) is 23.2. The fraction of sp³-hybridized carbons (Fsp3) is 0.364. The molecule has 1 aliphatic rings.